The number of hydrogen-bond acceptors (Lipinski definition) is 3. The van der Waals surface area contributed by atoms with Crippen molar-refractivity contribution in [3.05, 3.63) is 29.8 Å². The zero-order valence-electron chi connectivity index (χ0n) is 12.9. The van der Waals surface area contributed by atoms with Gasteiger partial charge in [-0.2, -0.15) is 0 Å². The molecule has 0 aromatic heterocycles. The molecule has 0 aliphatic heterocycles. The lowest BCUT2D eigenvalue weighted by Crippen LogP contribution is -2.30. The second kappa shape index (κ2) is 8.22. The van der Waals surface area contributed by atoms with E-state index in [0.717, 1.165) is 16.9 Å². The van der Waals surface area contributed by atoms with Gasteiger partial charge in [0.05, 0.1) is 12.5 Å². The largest absolute Gasteiger partial charge is 0.481 e. The lowest BCUT2D eigenvalue weighted by molar-refractivity contribution is -0.137. The highest BCUT2D eigenvalue weighted by atomic mass is 32.2. The SMILES string of the molecule is CSc1ccc(C(CC(=O)O)NC(=O)CCC2CCC2)cc1. The van der Waals surface area contributed by atoms with E-state index in [1.165, 1.54) is 19.3 Å². The maximum Gasteiger partial charge on any atom is 0.305 e. The number of rotatable bonds is 8. The Morgan fingerprint density at radius 1 is 1.32 bits per heavy atom. The number of carbonyl (C=O) groups is 2. The summed E-state index contributed by atoms with van der Waals surface area (Å²) in [6.45, 7) is 0. The van der Waals surface area contributed by atoms with Crippen LogP contribution in [0.3, 0.4) is 0 Å². The number of hydrogen-bond donors (Lipinski definition) is 2. The van der Waals surface area contributed by atoms with Gasteiger partial charge in [0.25, 0.3) is 0 Å². The standard InChI is InChI=1S/C17H23NO3S/c1-22-14-8-6-13(7-9-14)15(11-17(20)21)18-16(19)10-5-12-3-2-4-12/h6-9,12,15H,2-5,10-11H2,1H3,(H,18,19)(H,20,21). The first-order valence-electron chi connectivity index (χ1n) is 7.73. The number of carbonyl (C=O) groups excluding carboxylic acids is 1. The molecule has 0 radical (unpaired) electrons. The second-order valence-electron chi connectivity index (χ2n) is 5.83. The Kier molecular flexibility index (Phi) is 6.31. The molecular formula is C17H23NO3S. The number of benzene rings is 1. The third-order valence-corrected chi connectivity index (χ3v) is 4.98. The number of amides is 1. The van der Waals surface area contributed by atoms with Gasteiger partial charge < -0.3 is 10.4 Å². The van der Waals surface area contributed by atoms with Crippen LogP contribution in [-0.2, 0) is 9.59 Å². The van der Waals surface area contributed by atoms with E-state index in [1.54, 1.807) is 11.8 Å². The van der Waals surface area contributed by atoms with Gasteiger partial charge in [-0.3, -0.25) is 9.59 Å². The molecule has 1 atom stereocenters. The average molecular weight is 321 g/mol. The van der Waals surface area contributed by atoms with Gasteiger partial charge >= 0.3 is 5.97 Å². The number of aliphatic carboxylic acids is 1. The molecule has 22 heavy (non-hydrogen) atoms. The topological polar surface area (TPSA) is 66.4 Å². The smallest absolute Gasteiger partial charge is 0.305 e. The molecule has 1 aromatic carbocycles. The average Bonchev–Trinajstić information content (AvgIpc) is 2.44. The van der Waals surface area contributed by atoms with Crippen LogP contribution < -0.4 is 5.32 Å². The molecule has 0 saturated heterocycles. The summed E-state index contributed by atoms with van der Waals surface area (Å²) in [6, 6.07) is 7.24. The van der Waals surface area contributed by atoms with Crippen molar-refractivity contribution >= 4 is 23.6 Å². The van der Waals surface area contributed by atoms with Gasteiger partial charge in [-0.15, -0.1) is 11.8 Å². The summed E-state index contributed by atoms with van der Waals surface area (Å²) < 4.78 is 0. The minimum absolute atomic E-state index is 0.0490. The van der Waals surface area contributed by atoms with Crippen LogP contribution in [0.25, 0.3) is 0 Å². The fraction of sp³-hybridized carbons (Fsp3) is 0.529. The molecule has 2 rings (SSSR count). The summed E-state index contributed by atoms with van der Waals surface area (Å²) in [7, 11) is 0. The fourth-order valence-corrected chi connectivity index (χ4v) is 3.05. The van der Waals surface area contributed by atoms with E-state index in [1.807, 2.05) is 30.5 Å². The highest BCUT2D eigenvalue weighted by molar-refractivity contribution is 7.98. The maximum absolute atomic E-state index is 12.1. The summed E-state index contributed by atoms with van der Waals surface area (Å²) in [5.41, 5.74) is 0.845. The van der Waals surface area contributed by atoms with Crippen molar-refractivity contribution in [3.63, 3.8) is 0 Å². The Morgan fingerprint density at radius 3 is 2.50 bits per heavy atom. The molecule has 2 N–H and O–H groups in total. The van der Waals surface area contributed by atoms with E-state index >= 15 is 0 Å². The van der Waals surface area contributed by atoms with Crippen LogP contribution in [-0.4, -0.2) is 23.2 Å². The van der Waals surface area contributed by atoms with E-state index in [-0.39, 0.29) is 12.3 Å². The highest BCUT2D eigenvalue weighted by Crippen LogP contribution is 2.30. The van der Waals surface area contributed by atoms with Gasteiger partial charge in [0.2, 0.25) is 5.91 Å². The Balaban J connectivity index is 1.94. The zero-order chi connectivity index (χ0) is 15.9. The van der Waals surface area contributed by atoms with Gasteiger partial charge in [0.15, 0.2) is 0 Å². The van der Waals surface area contributed by atoms with Crippen LogP contribution in [0.15, 0.2) is 29.2 Å². The predicted molar refractivity (Wildman–Crippen MR) is 87.9 cm³/mol. The zero-order valence-corrected chi connectivity index (χ0v) is 13.7. The molecule has 1 aromatic rings. The van der Waals surface area contributed by atoms with Crippen LogP contribution in [0.2, 0.25) is 0 Å². The molecule has 1 fully saturated rings. The van der Waals surface area contributed by atoms with E-state index in [0.29, 0.717) is 12.3 Å². The first kappa shape index (κ1) is 16.9. The molecule has 1 aliphatic carbocycles. The summed E-state index contributed by atoms with van der Waals surface area (Å²) in [4.78, 5) is 24.2. The van der Waals surface area contributed by atoms with E-state index in [4.69, 9.17) is 5.11 Å². The maximum atomic E-state index is 12.1. The highest BCUT2D eigenvalue weighted by Gasteiger charge is 2.21. The van der Waals surface area contributed by atoms with Crippen molar-refractivity contribution in [2.75, 3.05) is 6.26 Å². The molecule has 1 unspecified atom stereocenters. The van der Waals surface area contributed by atoms with Gasteiger partial charge in [-0.1, -0.05) is 31.4 Å². The number of carboxylic acids is 1. The van der Waals surface area contributed by atoms with Crippen molar-refractivity contribution in [3.8, 4) is 0 Å². The molecule has 5 heteroatoms. The quantitative estimate of drug-likeness (QED) is 0.718. The monoisotopic (exact) mass is 321 g/mol. The van der Waals surface area contributed by atoms with E-state index in [2.05, 4.69) is 5.32 Å². The van der Waals surface area contributed by atoms with E-state index in [9.17, 15) is 9.59 Å². The first-order valence-corrected chi connectivity index (χ1v) is 8.96. The van der Waals surface area contributed by atoms with Crippen molar-refractivity contribution in [1.29, 1.82) is 0 Å². The normalized spacial score (nSPS) is 15.9. The van der Waals surface area contributed by atoms with Gasteiger partial charge in [0.1, 0.15) is 0 Å². The molecule has 4 nitrogen and oxygen atoms in total. The molecule has 1 saturated carbocycles. The Hall–Kier alpha value is -1.49. The van der Waals surface area contributed by atoms with Crippen LogP contribution >= 0.6 is 11.8 Å². The summed E-state index contributed by atoms with van der Waals surface area (Å²) in [5, 5.41) is 11.9. The lowest BCUT2D eigenvalue weighted by atomic mass is 9.82. The summed E-state index contributed by atoms with van der Waals surface area (Å²) in [6.07, 6.45) is 7.03. The lowest BCUT2D eigenvalue weighted by Gasteiger charge is -2.25. The van der Waals surface area contributed by atoms with Crippen LogP contribution in [0.1, 0.15) is 50.1 Å². The van der Waals surface area contributed by atoms with Crippen molar-refractivity contribution in [1.82, 2.24) is 5.32 Å². The first-order chi connectivity index (χ1) is 10.6. The van der Waals surface area contributed by atoms with Crippen LogP contribution in [0, 0.1) is 5.92 Å². The molecule has 1 amide bonds. The van der Waals surface area contributed by atoms with Crippen LogP contribution in [0.5, 0.6) is 0 Å². The van der Waals surface area contributed by atoms with Crippen molar-refractivity contribution in [2.24, 2.45) is 5.92 Å². The van der Waals surface area contributed by atoms with Gasteiger partial charge in [-0.05, 0) is 36.3 Å². The molecule has 1 aliphatic rings. The van der Waals surface area contributed by atoms with E-state index < -0.39 is 12.0 Å². The number of nitrogens with one attached hydrogen (secondary N) is 1. The van der Waals surface area contributed by atoms with Crippen molar-refractivity contribution < 1.29 is 14.7 Å². The Labute approximate surface area is 135 Å². The number of carboxylic acid groups (broad SMARTS) is 1. The molecule has 0 heterocycles. The summed E-state index contributed by atoms with van der Waals surface area (Å²) >= 11 is 1.63. The second-order valence-corrected chi connectivity index (χ2v) is 6.71. The minimum atomic E-state index is -0.904. The summed E-state index contributed by atoms with van der Waals surface area (Å²) in [5.74, 6) is -0.269. The Bertz CT molecular complexity index is 511. The van der Waals surface area contributed by atoms with Crippen LogP contribution in [0.4, 0.5) is 0 Å². The Morgan fingerprint density at radius 2 is 2.00 bits per heavy atom. The van der Waals surface area contributed by atoms with Gasteiger partial charge in [0, 0.05) is 11.3 Å². The minimum Gasteiger partial charge on any atom is -0.481 e. The van der Waals surface area contributed by atoms with Gasteiger partial charge in [-0.25, -0.2) is 0 Å². The predicted octanol–water partition coefficient (Wildman–Crippen LogP) is 3.62. The van der Waals surface area contributed by atoms with Crippen molar-refractivity contribution in [2.45, 2.75) is 49.5 Å². The third kappa shape index (κ3) is 5.05. The molecule has 120 valence electrons. The molecule has 0 spiro atoms. The number of thioether (sulfide) groups is 1. The molecular weight excluding hydrogens is 298 g/mol. The molecule has 0 bridgehead atoms. The third-order valence-electron chi connectivity index (χ3n) is 4.24. The fourth-order valence-electron chi connectivity index (χ4n) is 2.65.